The summed E-state index contributed by atoms with van der Waals surface area (Å²) in [6.45, 7) is 0. The molecule has 0 N–H and O–H groups in total. The molecule has 0 saturated carbocycles. The Morgan fingerprint density at radius 2 is 0.971 bits per heavy atom. The van der Waals surface area contributed by atoms with Crippen LogP contribution in [0.4, 0.5) is 0 Å². The van der Waals surface area contributed by atoms with Crippen molar-refractivity contribution >= 4 is 29.4 Å². The lowest BCUT2D eigenvalue weighted by molar-refractivity contribution is 0.582. The van der Waals surface area contributed by atoms with Crippen LogP contribution in [-0.4, -0.2) is 0 Å². The molecule has 0 amide bonds. The van der Waals surface area contributed by atoms with Gasteiger partial charge in [-0.2, -0.15) is 0 Å². The van der Waals surface area contributed by atoms with Gasteiger partial charge in [0.2, 0.25) is 0 Å². The largest absolute Gasteiger partial charge is 0.313 e. The number of hydrogen-bond acceptors (Lipinski definition) is 1. The zero-order valence-corrected chi connectivity index (χ0v) is 20.2. The number of hydrogen-bond donors (Lipinski definition) is 0. The van der Waals surface area contributed by atoms with Gasteiger partial charge in [0, 0.05) is 10.6 Å². The van der Waals surface area contributed by atoms with Crippen molar-refractivity contribution in [1.82, 2.24) is 0 Å². The average molecular weight is 469 g/mol. The minimum absolute atomic E-state index is 0.308. The monoisotopic (exact) mass is 468 g/mol. The maximum Gasteiger partial charge on any atom is 0.154 e. The van der Waals surface area contributed by atoms with Gasteiger partial charge in [-0.05, 0) is 39.5 Å². The molecular weight excluding hydrogens is 443 g/mol. The van der Waals surface area contributed by atoms with Crippen LogP contribution in [0.2, 0.25) is 0 Å². The zero-order valence-electron chi connectivity index (χ0n) is 19.3. The van der Waals surface area contributed by atoms with Crippen molar-refractivity contribution in [2.24, 2.45) is 0 Å². The van der Waals surface area contributed by atoms with E-state index in [-0.39, 0.29) is 5.66 Å². The van der Waals surface area contributed by atoms with Crippen LogP contribution in [0.5, 0.6) is 0 Å². The summed E-state index contributed by atoms with van der Waals surface area (Å²) < 4.78 is 15.7. The fourth-order valence-corrected chi connectivity index (χ4v) is 8.64. The van der Waals surface area contributed by atoms with E-state index in [1.165, 1.54) is 0 Å². The maximum absolute atomic E-state index is 15.7. The van der Waals surface area contributed by atoms with Gasteiger partial charge < -0.3 is 4.57 Å². The second kappa shape index (κ2) is 9.02. The molecule has 0 saturated heterocycles. The molecule has 0 aliphatic heterocycles. The molecule has 1 unspecified atom stereocenters. The zero-order chi connectivity index (χ0) is 23.7. The first-order chi connectivity index (χ1) is 17.3. The fourth-order valence-electron chi connectivity index (χ4n) is 5.27. The second-order valence-electron chi connectivity index (χ2n) is 8.87. The highest BCUT2D eigenvalue weighted by Gasteiger charge is 2.41. The topological polar surface area (TPSA) is 17.1 Å². The Labute approximate surface area is 206 Å². The van der Waals surface area contributed by atoms with Gasteiger partial charge in [0.15, 0.2) is 7.14 Å². The Bertz CT molecular complexity index is 1510. The van der Waals surface area contributed by atoms with Crippen molar-refractivity contribution in [3.8, 4) is 0 Å². The molecule has 1 aliphatic rings. The minimum atomic E-state index is -3.14. The van der Waals surface area contributed by atoms with Crippen molar-refractivity contribution in [3.05, 3.63) is 167 Å². The molecule has 35 heavy (non-hydrogen) atoms. The lowest BCUT2D eigenvalue weighted by Crippen LogP contribution is -2.23. The first-order valence-corrected chi connectivity index (χ1v) is 13.7. The summed E-state index contributed by atoms with van der Waals surface area (Å²) in [6.07, 6.45) is 2.27. The molecule has 6 rings (SSSR count). The van der Waals surface area contributed by atoms with Crippen LogP contribution in [0.1, 0.15) is 33.5 Å². The molecule has 5 aromatic rings. The summed E-state index contributed by atoms with van der Waals surface area (Å²) >= 11 is 0. The van der Waals surface area contributed by atoms with E-state index in [1.54, 1.807) is 0 Å². The van der Waals surface area contributed by atoms with E-state index >= 15 is 4.57 Å². The first kappa shape index (κ1) is 21.6. The van der Waals surface area contributed by atoms with E-state index in [2.05, 4.69) is 78.9 Å². The number of benzene rings is 5. The van der Waals surface area contributed by atoms with Gasteiger partial charge in [-0.15, -0.1) is 0 Å². The minimum Gasteiger partial charge on any atom is -0.313 e. The Kier molecular flexibility index (Phi) is 5.57. The predicted molar refractivity (Wildman–Crippen MR) is 148 cm³/mol. The summed E-state index contributed by atoms with van der Waals surface area (Å²) in [5.74, 6) is 0. The number of fused-ring (bicyclic) bond motifs is 2. The molecule has 5 aromatic carbocycles. The van der Waals surface area contributed by atoms with Crippen LogP contribution in [0, 0.1) is 0 Å². The summed E-state index contributed by atoms with van der Waals surface area (Å²) in [5, 5.41) is 1.76. The summed E-state index contributed by atoms with van der Waals surface area (Å²) in [6, 6.07) is 47.5. The normalized spacial score (nSPS) is 14.9. The van der Waals surface area contributed by atoms with Crippen molar-refractivity contribution in [2.45, 2.75) is 5.66 Å². The average Bonchev–Trinajstić information content (AvgIpc) is 3.09. The van der Waals surface area contributed by atoms with E-state index < -0.39 is 7.14 Å². The fraction of sp³-hybridized carbons (Fsp3) is 0.0303. The maximum atomic E-state index is 15.7. The Morgan fingerprint density at radius 3 is 1.60 bits per heavy atom. The summed E-state index contributed by atoms with van der Waals surface area (Å²) in [5.41, 5.74) is 6.45. The Hall–Kier alpha value is -3.93. The van der Waals surface area contributed by atoms with Gasteiger partial charge >= 0.3 is 0 Å². The van der Waals surface area contributed by atoms with Crippen LogP contribution >= 0.6 is 7.14 Å². The molecule has 168 valence electrons. The molecule has 0 heterocycles. The molecule has 0 spiro atoms. The van der Waals surface area contributed by atoms with Crippen LogP contribution in [-0.2, 0) is 4.57 Å². The summed E-state index contributed by atoms with van der Waals surface area (Å²) in [7, 11) is -3.14. The Balaban J connectivity index is 1.71. The van der Waals surface area contributed by atoms with Gasteiger partial charge in [-0.3, -0.25) is 0 Å². The third kappa shape index (κ3) is 3.70. The summed E-state index contributed by atoms with van der Waals surface area (Å²) in [4.78, 5) is 0. The number of rotatable bonds is 4. The molecule has 2 heteroatoms. The van der Waals surface area contributed by atoms with E-state index in [0.29, 0.717) is 0 Å². The Morgan fingerprint density at radius 1 is 0.486 bits per heavy atom. The van der Waals surface area contributed by atoms with Gasteiger partial charge in [-0.25, -0.2) is 0 Å². The van der Waals surface area contributed by atoms with Crippen molar-refractivity contribution in [1.29, 1.82) is 0 Å². The van der Waals surface area contributed by atoms with Crippen LogP contribution in [0.3, 0.4) is 0 Å². The van der Waals surface area contributed by atoms with E-state index in [1.807, 2.05) is 66.7 Å². The smallest absolute Gasteiger partial charge is 0.154 e. The van der Waals surface area contributed by atoms with Gasteiger partial charge in [-0.1, -0.05) is 140 Å². The molecule has 1 nitrogen and oxygen atoms in total. The molecule has 0 aromatic heterocycles. The van der Waals surface area contributed by atoms with E-state index in [9.17, 15) is 0 Å². The standard InChI is InChI=1S/C33H25OP/c34-35(27-17-6-2-7-18-27,28-19-8-3-9-20-28)33-29-21-11-10-16-26(29)24-32(25-14-4-1-5-15-25)30-22-12-13-23-31(30)33/h1-24,33H. The van der Waals surface area contributed by atoms with Gasteiger partial charge in [0.25, 0.3) is 0 Å². The van der Waals surface area contributed by atoms with Crippen molar-refractivity contribution in [2.75, 3.05) is 0 Å². The van der Waals surface area contributed by atoms with Gasteiger partial charge in [0.1, 0.15) is 0 Å². The molecule has 1 atom stereocenters. The first-order valence-electron chi connectivity index (χ1n) is 11.9. The molecule has 0 fully saturated rings. The van der Waals surface area contributed by atoms with Crippen LogP contribution in [0.15, 0.2) is 140 Å². The van der Waals surface area contributed by atoms with E-state index in [0.717, 1.165) is 44.0 Å². The molecular formula is C33H25OP. The predicted octanol–water partition coefficient (Wildman–Crippen LogP) is 7.69. The quantitative estimate of drug-likeness (QED) is 0.247. The molecule has 0 radical (unpaired) electrons. The highest BCUT2D eigenvalue weighted by Crippen LogP contribution is 2.62. The van der Waals surface area contributed by atoms with Crippen LogP contribution < -0.4 is 10.6 Å². The highest BCUT2D eigenvalue weighted by molar-refractivity contribution is 7.79. The third-order valence-electron chi connectivity index (χ3n) is 6.86. The van der Waals surface area contributed by atoms with Crippen molar-refractivity contribution in [3.63, 3.8) is 0 Å². The van der Waals surface area contributed by atoms with Crippen LogP contribution in [0.25, 0.3) is 11.6 Å². The molecule has 1 aliphatic carbocycles. The van der Waals surface area contributed by atoms with Gasteiger partial charge in [0.05, 0.1) is 5.66 Å². The van der Waals surface area contributed by atoms with Crippen molar-refractivity contribution < 1.29 is 4.57 Å². The van der Waals surface area contributed by atoms with E-state index in [4.69, 9.17) is 0 Å². The lowest BCUT2D eigenvalue weighted by Gasteiger charge is -2.31. The molecule has 0 bridgehead atoms. The highest BCUT2D eigenvalue weighted by atomic mass is 31.2. The lowest BCUT2D eigenvalue weighted by atomic mass is 9.93. The second-order valence-corrected chi connectivity index (χ2v) is 11.7. The SMILES string of the molecule is O=P(c1ccccc1)(c1ccccc1)C1c2ccccc2C=C(c2ccccc2)c2ccccc21. The third-order valence-corrected chi connectivity index (χ3v) is 10.3.